The van der Waals surface area contributed by atoms with Crippen molar-refractivity contribution in [3.05, 3.63) is 107 Å². The second kappa shape index (κ2) is 10.8. The van der Waals surface area contributed by atoms with Crippen LogP contribution < -0.4 is 14.9 Å². The third-order valence-corrected chi connectivity index (χ3v) is 5.50. The van der Waals surface area contributed by atoms with Crippen LogP contribution in [0.2, 0.25) is 5.02 Å². The summed E-state index contributed by atoms with van der Waals surface area (Å²) < 4.78 is 11.3. The number of benzene rings is 4. The second-order valence-electron chi connectivity index (χ2n) is 7.91. The van der Waals surface area contributed by atoms with Crippen molar-refractivity contribution in [2.24, 2.45) is 5.10 Å². The molecule has 7 heteroatoms. The van der Waals surface area contributed by atoms with Crippen LogP contribution in [-0.2, 0) is 4.79 Å². The van der Waals surface area contributed by atoms with Gasteiger partial charge in [-0.25, -0.2) is 10.2 Å². The lowest BCUT2D eigenvalue weighted by atomic mass is 10.0. The van der Waals surface area contributed by atoms with Gasteiger partial charge < -0.3 is 9.47 Å². The van der Waals surface area contributed by atoms with E-state index in [1.807, 2.05) is 49.4 Å². The van der Waals surface area contributed by atoms with Gasteiger partial charge in [-0.3, -0.25) is 4.79 Å². The number of nitrogens with one attached hydrogen (secondary N) is 1. The zero-order chi connectivity index (χ0) is 24.8. The molecule has 176 valence electrons. The molecule has 4 aromatic carbocycles. The normalized spacial score (nSPS) is 11.9. The number of hydrazone groups is 1. The summed E-state index contributed by atoms with van der Waals surface area (Å²) in [5.74, 6) is -0.124. The lowest BCUT2D eigenvalue weighted by Crippen LogP contribution is -2.33. The first kappa shape index (κ1) is 24.0. The molecule has 0 aliphatic rings. The Morgan fingerprint density at radius 2 is 1.74 bits per heavy atom. The number of nitrogens with zero attached hydrogens (tertiary/aromatic N) is 1. The lowest BCUT2D eigenvalue weighted by Gasteiger charge is -2.13. The van der Waals surface area contributed by atoms with Crippen molar-refractivity contribution in [2.75, 3.05) is 0 Å². The van der Waals surface area contributed by atoms with E-state index in [4.69, 9.17) is 21.1 Å². The minimum atomic E-state index is -0.808. The Bertz CT molecular complexity index is 1400. The van der Waals surface area contributed by atoms with Gasteiger partial charge in [-0.15, -0.1) is 0 Å². The van der Waals surface area contributed by atoms with E-state index in [2.05, 4.69) is 10.5 Å². The Morgan fingerprint density at radius 1 is 0.971 bits per heavy atom. The molecule has 0 spiro atoms. The standard InChI is InChI=1S/C28H23ClN2O4/c1-18-10-12-21(13-11-18)28(33)35-26-15-14-20-6-3-4-9-24(20)25(26)17-30-31-27(32)19(2)34-23-8-5-7-22(29)16-23/h3-17,19H,1-2H3,(H,31,32)/b30-17+. The van der Waals surface area contributed by atoms with E-state index in [0.29, 0.717) is 27.6 Å². The predicted octanol–water partition coefficient (Wildman–Crippen LogP) is 5.94. The third kappa shape index (κ3) is 6.05. The van der Waals surface area contributed by atoms with E-state index in [-0.39, 0.29) is 0 Å². The zero-order valence-corrected chi connectivity index (χ0v) is 20.0. The molecule has 35 heavy (non-hydrogen) atoms. The molecule has 1 atom stereocenters. The predicted molar refractivity (Wildman–Crippen MR) is 137 cm³/mol. The highest BCUT2D eigenvalue weighted by molar-refractivity contribution is 6.30. The summed E-state index contributed by atoms with van der Waals surface area (Å²) in [6.07, 6.45) is 0.654. The molecule has 0 aliphatic carbocycles. The van der Waals surface area contributed by atoms with Crippen LogP contribution in [0.15, 0.2) is 90.0 Å². The molecule has 0 aliphatic heterocycles. The smallest absolute Gasteiger partial charge is 0.343 e. The van der Waals surface area contributed by atoms with Gasteiger partial charge in [0.1, 0.15) is 11.5 Å². The summed E-state index contributed by atoms with van der Waals surface area (Å²) in [7, 11) is 0. The number of ether oxygens (including phenoxy) is 2. The molecule has 0 saturated heterocycles. The lowest BCUT2D eigenvalue weighted by molar-refractivity contribution is -0.127. The fraction of sp³-hybridized carbons (Fsp3) is 0.107. The second-order valence-corrected chi connectivity index (χ2v) is 8.34. The Labute approximate surface area is 208 Å². The summed E-state index contributed by atoms with van der Waals surface area (Å²) in [5.41, 5.74) is 4.53. The van der Waals surface area contributed by atoms with Gasteiger partial charge in [-0.2, -0.15) is 5.10 Å². The fourth-order valence-corrected chi connectivity index (χ4v) is 3.58. The maximum Gasteiger partial charge on any atom is 0.343 e. The highest BCUT2D eigenvalue weighted by atomic mass is 35.5. The number of carbonyl (C=O) groups excluding carboxylic acids is 2. The monoisotopic (exact) mass is 486 g/mol. The molecule has 1 N–H and O–H groups in total. The van der Waals surface area contributed by atoms with Crippen molar-refractivity contribution in [1.29, 1.82) is 0 Å². The van der Waals surface area contributed by atoms with Crippen molar-refractivity contribution in [3.8, 4) is 11.5 Å². The van der Waals surface area contributed by atoms with Crippen molar-refractivity contribution in [2.45, 2.75) is 20.0 Å². The maximum atomic E-state index is 12.7. The van der Waals surface area contributed by atoms with Crippen LogP contribution in [0, 0.1) is 6.92 Å². The minimum absolute atomic E-state index is 0.329. The number of carbonyl (C=O) groups is 2. The van der Waals surface area contributed by atoms with E-state index in [0.717, 1.165) is 16.3 Å². The molecule has 4 rings (SSSR count). The number of aryl methyl sites for hydroxylation is 1. The maximum absolute atomic E-state index is 12.7. The molecule has 0 fully saturated rings. The van der Waals surface area contributed by atoms with Crippen molar-refractivity contribution < 1.29 is 19.1 Å². The largest absolute Gasteiger partial charge is 0.481 e. The van der Waals surface area contributed by atoms with E-state index < -0.39 is 18.0 Å². The number of rotatable bonds is 7. The number of hydrogen-bond acceptors (Lipinski definition) is 5. The van der Waals surface area contributed by atoms with Gasteiger partial charge in [0.25, 0.3) is 5.91 Å². The average molecular weight is 487 g/mol. The zero-order valence-electron chi connectivity index (χ0n) is 19.2. The van der Waals surface area contributed by atoms with Crippen LogP contribution >= 0.6 is 11.6 Å². The number of fused-ring (bicyclic) bond motifs is 1. The van der Waals surface area contributed by atoms with Gasteiger partial charge in [0.2, 0.25) is 0 Å². The van der Waals surface area contributed by atoms with Gasteiger partial charge in [0.15, 0.2) is 6.10 Å². The Balaban J connectivity index is 1.53. The van der Waals surface area contributed by atoms with Crippen LogP contribution in [0.25, 0.3) is 10.8 Å². The van der Waals surface area contributed by atoms with E-state index in [1.54, 1.807) is 49.4 Å². The van der Waals surface area contributed by atoms with E-state index >= 15 is 0 Å². The van der Waals surface area contributed by atoms with Gasteiger partial charge in [0, 0.05) is 10.6 Å². The number of amides is 1. The molecule has 0 aromatic heterocycles. The van der Waals surface area contributed by atoms with Crippen LogP contribution in [0.5, 0.6) is 11.5 Å². The average Bonchev–Trinajstić information content (AvgIpc) is 2.85. The minimum Gasteiger partial charge on any atom is -0.481 e. The number of hydrogen-bond donors (Lipinski definition) is 1. The summed E-state index contributed by atoms with van der Waals surface area (Å²) in [4.78, 5) is 25.2. The summed E-state index contributed by atoms with van der Waals surface area (Å²) in [6.45, 7) is 3.56. The molecule has 0 radical (unpaired) electrons. The summed E-state index contributed by atoms with van der Waals surface area (Å²) in [6, 6.07) is 25.1. The molecule has 0 bridgehead atoms. The summed E-state index contributed by atoms with van der Waals surface area (Å²) >= 11 is 5.96. The van der Waals surface area contributed by atoms with Crippen LogP contribution in [0.3, 0.4) is 0 Å². The van der Waals surface area contributed by atoms with Crippen LogP contribution in [0.4, 0.5) is 0 Å². The van der Waals surface area contributed by atoms with Crippen LogP contribution in [-0.4, -0.2) is 24.2 Å². The molecule has 6 nitrogen and oxygen atoms in total. The van der Waals surface area contributed by atoms with Gasteiger partial charge in [-0.1, -0.05) is 65.7 Å². The van der Waals surface area contributed by atoms with Gasteiger partial charge >= 0.3 is 5.97 Å². The first-order valence-electron chi connectivity index (χ1n) is 11.0. The quantitative estimate of drug-likeness (QED) is 0.152. The van der Waals surface area contributed by atoms with E-state index in [9.17, 15) is 9.59 Å². The fourth-order valence-electron chi connectivity index (χ4n) is 3.40. The highest BCUT2D eigenvalue weighted by Crippen LogP contribution is 2.27. The third-order valence-electron chi connectivity index (χ3n) is 5.27. The highest BCUT2D eigenvalue weighted by Gasteiger charge is 2.16. The Morgan fingerprint density at radius 3 is 2.51 bits per heavy atom. The molecular formula is C28H23ClN2O4. The molecule has 1 unspecified atom stereocenters. The first-order valence-corrected chi connectivity index (χ1v) is 11.3. The van der Waals surface area contributed by atoms with Crippen molar-refractivity contribution in [3.63, 3.8) is 0 Å². The van der Waals surface area contributed by atoms with Gasteiger partial charge in [-0.05, 0) is 61.0 Å². The topological polar surface area (TPSA) is 77.0 Å². The summed E-state index contributed by atoms with van der Waals surface area (Å²) in [5, 5.41) is 6.37. The molecule has 0 heterocycles. The van der Waals surface area contributed by atoms with Crippen molar-refractivity contribution >= 4 is 40.5 Å². The number of halogens is 1. The van der Waals surface area contributed by atoms with E-state index in [1.165, 1.54) is 6.21 Å². The molecule has 4 aromatic rings. The Hall–Kier alpha value is -4.16. The molecule has 0 saturated carbocycles. The van der Waals surface area contributed by atoms with Gasteiger partial charge in [0.05, 0.1) is 11.8 Å². The molecule has 1 amide bonds. The first-order chi connectivity index (χ1) is 16.9. The number of esters is 1. The Kier molecular flexibility index (Phi) is 7.43. The van der Waals surface area contributed by atoms with Crippen LogP contribution in [0.1, 0.15) is 28.4 Å². The molecular weight excluding hydrogens is 464 g/mol. The SMILES string of the molecule is Cc1ccc(C(=O)Oc2ccc3ccccc3c2/C=N/NC(=O)C(C)Oc2cccc(Cl)c2)cc1. The van der Waals surface area contributed by atoms with Crippen molar-refractivity contribution in [1.82, 2.24) is 5.43 Å².